The van der Waals surface area contributed by atoms with Gasteiger partial charge in [0.15, 0.2) is 11.6 Å². The Hall–Kier alpha value is -2.09. The van der Waals surface area contributed by atoms with Crippen molar-refractivity contribution in [2.24, 2.45) is 11.6 Å². The number of hydrazine groups is 1. The van der Waals surface area contributed by atoms with Crippen LogP contribution in [0.25, 0.3) is 0 Å². The maximum Gasteiger partial charge on any atom is 0.237 e. The Labute approximate surface area is 98.9 Å². The molecule has 0 fully saturated rings. The van der Waals surface area contributed by atoms with Crippen LogP contribution in [0.2, 0.25) is 0 Å². The Morgan fingerprint density at radius 3 is 2.76 bits per heavy atom. The molecule has 0 radical (unpaired) electrons. The summed E-state index contributed by atoms with van der Waals surface area (Å²) in [6.07, 6.45) is 1.33. The van der Waals surface area contributed by atoms with Crippen LogP contribution in [-0.4, -0.2) is 36.1 Å². The third kappa shape index (κ3) is 2.94. The second-order valence-electron chi connectivity index (χ2n) is 3.20. The van der Waals surface area contributed by atoms with Gasteiger partial charge in [-0.15, -0.1) is 0 Å². The van der Waals surface area contributed by atoms with E-state index in [1.807, 2.05) is 6.92 Å². The number of carbonyl (C=O) groups is 1. The van der Waals surface area contributed by atoms with Crippen LogP contribution >= 0.6 is 0 Å². The van der Waals surface area contributed by atoms with E-state index in [0.29, 0.717) is 23.9 Å². The van der Waals surface area contributed by atoms with Crippen molar-refractivity contribution in [3.05, 3.63) is 6.33 Å². The van der Waals surface area contributed by atoms with Gasteiger partial charge in [0.2, 0.25) is 11.7 Å². The summed E-state index contributed by atoms with van der Waals surface area (Å²) < 4.78 is 5.17. The second kappa shape index (κ2) is 5.85. The van der Waals surface area contributed by atoms with Crippen LogP contribution in [0.4, 0.5) is 11.6 Å². The third-order valence-electron chi connectivity index (χ3n) is 2.15. The Balaban J connectivity index is 3.13. The summed E-state index contributed by atoms with van der Waals surface area (Å²) in [7, 11) is 1.47. The number of methoxy groups -OCH3 is 1. The van der Waals surface area contributed by atoms with Gasteiger partial charge in [0.25, 0.3) is 0 Å². The lowest BCUT2D eigenvalue weighted by Crippen LogP contribution is -2.34. The van der Waals surface area contributed by atoms with Crippen molar-refractivity contribution in [2.45, 2.75) is 6.92 Å². The third-order valence-corrected chi connectivity index (χ3v) is 2.15. The highest BCUT2D eigenvalue weighted by Gasteiger charge is 2.17. The molecular weight excluding hydrogens is 224 g/mol. The van der Waals surface area contributed by atoms with Gasteiger partial charge in [-0.25, -0.2) is 15.8 Å². The average molecular weight is 240 g/mol. The van der Waals surface area contributed by atoms with E-state index in [2.05, 4.69) is 15.4 Å². The van der Waals surface area contributed by atoms with Crippen LogP contribution in [-0.2, 0) is 4.79 Å². The molecule has 8 heteroatoms. The molecule has 1 amide bonds. The first-order chi connectivity index (χ1) is 8.13. The van der Waals surface area contributed by atoms with Gasteiger partial charge < -0.3 is 20.8 Å². The fourth-order valence-electron chi connectivity index (χ4n) is 1.41. The number of ether oxygens (including phenoxy) is 1. The molecule has 0 spiro atoms. The molecule has 8 nitrogen and oxygen atoms in total. The fraction of sp³-hybridized carbons (Fsp3) is 0.444. The van der Waals surface area contributed by atoms with Crippen LogP contribution in [0.3, 0.4) is 0 Å². The van der Waals surface area contributed by atoms with Crippen molar-refractivity contribution in [3.8, 4) is 5.75 Å². The molecule has 0 bridgehead atoms. The molecule has 1 heterocycles. The Bertz CT molecular complexity index is 397. The number of hydrogen-bond acceptors (Lipinski definition) is 7. The summed E-state index contributed by atoms with van der Waals surface area (Å²) in [4.78, 5) is 20.6. The van der Waals surface area contributed by atoms with E-state index in [9.17, 15) is 4.79 Å². The SMILES string of the molecule is CCN(CC(N)=O)c1ncnc(NN)c1OC. The number of aromatic nitrogens is 2. The maximum absolute atomic E-state index is 11.0. The standard InChI is InChI=1S/C9H16N6O2/c1-3-15(4-6(10)16)9-7(17-2)8(14-11)12-5-13-9/h5H,3-4,11H2,1-2H3,(H2,10,16)(H,12,13,14). The molecule has 17 heavy (non-hydrogen) atoms. The van der Waals surface area contributed by atoms with Crippen molar-refractivity contribution in [1.82, 2.24) is 9.97 Å². The number of primary amides is 1. The molecule has 0 aromatic carbocycles. The minimum Gasteiger partial charge on any atom is -0.490 e. The number of anilines is 2. The molecule has 1 rings (SSSR count). The number of nitrogens with two attached hydrogens (primary N) is 2. The van der Waals surface area contributed by atoms with Crippen molar-refractivity contribution < 1.29 is 9.53 Å². The van der Waals surface area contributed by atoms with Gasteiger partial charge in [-0.2, -0.15) is 0 Å². The smallest absolute Gasteiger partial charge is 0.237 e. The molecule has 1 aromatic heterocycles. The van der Waals surface area contributed by atoms with Gasteiger partial charge in [-0.05, 0) is 6.92 Å². The Morgan fingerprint density at radius 2 is 2.29 bits per heavy atom. The molecule has 0 unspecified atom stereocenters. The van der Waals surface area contributed by atoms with E-state index < -0.39 is 5.91 Å². The van der Waals surface area contributed by atoms with Gasteiger partial charge in [-0.1, -0.05) is 0 Å². The lowest BCUT2D eigenvalue weighted by molar-refractivity contribution is -0.116. The van der Waals surface area contributed by atoms with E-state index in [4.69, 9.17) is 16.3 Å². The number of carbonyl (C=O) groups excluding carboxylic acids is 1. The number of nitrogens with zero attached hydrogens (tertiary/aromatic N) is 3. The minimum absolute atomic E-state index is 0.0495. The lowest BCUT2D eigenvalue weighted by atomic mass is 10.4. The van der Waals surface area contributed by atoms with Crippen molar-refractivity contribution >= 4 is 17.5 Å². The van der Waals surface area contributed by atoms with Gasteiger partial charge in [0.05, 0.1) is 13.7 Å². The van der Waals surface area contributed by atoms with Crippen LogP contribution in [0.1, 0.15) is 6.92 Å². The summed E-state index contributed by atoms with van der Waals surface area (Å²) in [6.45, 7) is 2.48. The van der Waals surface area contributed by atoms with Crippen LogP contribution in [0.5, 0.6) is 5.75 Å². The largest absolute Gasteiger partial charge is 0.490 e. The fourth-order valence-corrected chi connectivity index (χ4v) is 1.41. The molecule has 0 aliphatic rings. The minimum atomic E-state index is -0.449. The van der Waals surface area contributed by atoms with Crippen molar-refractivity contribution in [3.63, 3.8) is 0 Å². The number of likely N-dealkylation sites (N-methyl/N-ethyl adjacent to an activating group) is 1. The molecule has 0 saturated carbocycles. The van der Waals surface area contributed by atoms with Gasteiger partial charge >= 0.3 is 0 Å². The molecule has 0 atom stereocenters. The van der Waals surface area contributed by atoms with E-state index in [-0.39, 0.29) is 6.54 Å². The van der Waals surface area contributed by atoms with Crippen LogP contribution < -0.4 is 26.6 Å². The first-order valence-electron chi connectivity index (χ1n) is 5.02. The first kappa shape index (κ1) is 13.0. The molecule has 0 aliphatic carbocycles. The second-order valence-corrected chi connectivity index (χ2v) is 3.20. The van der Waals surface area contributed by atoms with Crippen molar-refractivity contribution in [2.75, 3.05) is 30.5 Å². The molecule has 5 N–H and O–H groups in total. The number of rotatable bonds is 6. The van der Waals surface area contributed by atoms with Gasteiger partial charge in [0, 0.05) is 6.54 Å². The molecule has 0 aliphatic heterocycles. The highest BCUT2D eigenvalue weighted by atomic mass is 16.5. The molecule has 0 saturated heterocycles. The summed E-state index contributed by atoms with van der Waals surface area (Å²) in [6, 6.07) is 0. The normalized spacial score (nSPS) is 9.82. The van der Waals surface area contributed by atoms with E-state index in [1.54, 1.807) is 4.90 Å². The number of nitrogen functional groups attached to an aromatic ring is 1. The topological polar surface area (TPSA) is 119 Å². The summed E-state index contributed by atoms with van der Waals surface area (Å²) in [5.74, 6) is 6.05. The zero-order valence-electron chi connectivity index (χ0n) is 9.80. The first-order valence-corrected chi connectivity index (χ1v) is 5.02. The zero-order chi connectivity index (χ0) is 12.8. The van der Waals surface area contributed by atoms with E-state index >= 15 is 0 Å². The highest BCUT2D eigenvalue weighted by Crippen LogP contribution is 2.30. The predicted molar refractivity (Wildman–Crippen MR) is 63.5 cm³/mol. The molecule has 94 valence electrons. The van der Waals surface area contributed by atoms with Crippen LogP contribution in [0.15, 0.2) is 6.33 Å². The van der Waals surface area contributed by atoms with Crippen molar-refractivity contribution in [1.29, 1.82) is 0 Å². The monoisotopic (exact) mass is 240 g/mol. The number of amides is 1. The van der Waals surface area contributed by atoms with Crippen LogP contribution in [0, 0.1) is 0 Å². The average Bonchev–Trinajstić information content (AvgIpc) is 2.34. The predicted octanol–water partition coefficient (Wildman–Crippen LogP) is -0.918. The highest BCUT2D eigenvalue weighted by molar-refractivity contribution is 5.80. The number of hydrogen-bond donors (Lipinski definition) is 3. The maximum atomic E-state index is 11.0. The zero-order valence-corrected chi connectivity index (χ0v) is 9.80. The summed E-state index contributed by atoms with van der Waals surface area (Å²) in [5, 5.41) is 0. The summed E-state index contributed by atoms with van der Waals surface area (Å²) in [5.41, 5.74) is 7.56. The van der Waals surface area contributed by atoms with Gasteiger partial charge in [0.1, 0.15) is 6.33 Å². The lowest BCUT2D eigenvalue weighted by Gasteiger charge is -2.22. The van der Waals surface area contributed by atoms with Gasteiger partial charge in [-0.3, -0.25) is 4.79 Å². The molecular formula is C9H16N6O2. The van der Waals surface area contributed by atoms with E-state index in [0.717, 1.165) is 0 Å². The molecule has 1 aromatic rings. The quantitative estimate of drug-likeness (QED) is 0.434. The summed E-state index contributed by atoms with van der Waals surface area (Å²) >= 11 is 0. The Kier molecular flexibility index (Phi) is 4.46. The van der Waals surface area contributed by atoms with E-state index in [1.165, 1.54) is 13.4 Å². The number of nitrogens with one attached hydrogen (secondary N) is 1. The Morgan fingerprint density at radius 1 is 1.59 bits per heavy atom.